The Morgan fingerprint density at radius 1 is 0.739 bits per heavy atom. The van der Waals surface area contributed by atoms with E-state index in [2.05, 4.69) is 6.07 Å². The molecule has 116 valence electrons. The minimum Gasteiger partial charge on any atom is -0.426 e. The summed E-state index contributed by atoms with van der Waals surface area (Å²) in [4.78, 5) is 18.7. The second-order valence-corrected chi connectivity index (χ2v) is 5.93. The second kappa shape index (κ2) is 6.93. The third kappa shape index (κ3) is 3.59. The summed E-state index contributed by atoms with van der Waals surface area (Å²) in [6, 6.07) is 23.7. The van der Waals surface area contributed by atoms with Crippen molar-refractivity contribution < 1.29 is 14.3 Å². The second-order valence-electron chi connectivity index (χ2n) is 5.24. The molecule has 4 heteroatoms. The highest BCUT2D eigenvalue weighted by atomic mass is 31.2. The quantitative estimate of drug-likeness (QED) is 0.670. The standard InChI is InChI=1S/C19H17O3P/c1-14-12-17(15-8-4-2-5-9-15)13-18(22-23(20)21)19(14)16-10-6-3-7-11-16/h2-13,20-21H,1H3. The molecule has 0 amide bonds. The Labute approximate surface area is 136 Å². The fourth-order valence-corrected chi connectivity index (χ4v) is 3.01. The molecule has 0 unspecified atom stereocenters. The van der Waals surface area contributed by atoms with E-state index in [1.54, 1.807) is 0 Å². The van der Waals surface area contributed by atoms with Crippen LogP contribution in [0.25, 0.3) is 22.3 Å². The van der Waals surface area contributed by atoms with Crippen LogP contribution < -0.4 is 4.52 Å². The topological polar surface area (TPSA) is 49.7 Å². The minimum atomic E-state index is -2.48. The summed E-state index contributed by atoms with van der Waals surface area (Å²) >= 11 is 0. The molecule has 2 N–H and O–H groups in total. The lowest BCUT2D eigenvalue weighted by Crippen LogP contribution is -1.93. The summed E-state index contributed by atoms with van der Waals surface area (Å²) < 4.78 is 5.32. The van der Waals surface area contributed by atoms with Crippen LogP contribution in [-0.4, -0.2) is 9.79 Å². The van der Waals surface area contributed by atoms with E-state index in [9.17, 15) is 9.79 Å². The van der Waals surface area contributed by atoms with Crippen molar-refractivity contribution in [1.29, 1.82) is 0 Å². The Kier molecular flexibility index (Phi) is 4.73. The molecule has 0 saturated carbocycles. The largest absolute Gasteiger partial charge is 0.426 e. The van der Waals surface area contributed by atoms with E-state index in [0.29, 0.717) is 5.75 Å². The van der Waals surface area contributed by atoms with E-state index in [1.807, 2.05) is 73.7 Å². The fourth-order valence-electron chi connectivity index (χ4n) is 2.69. The summed E-state index contributed by atoms with van der Waals surface area (Å²) in [6.45, 7) is 2.00. The summed E-state index contributed by atoms with van der Waals surface area (Å²) in [5, 5.41) is 0. The van der Waals surface area contributed by atoms with Crippen LogP contribution in [0.15, 0.2) is 72.8 Å². The molecule has 0 fully saturated rings. The summed E-state index contributed by atoms with van der Waals surface area (Å²) in [5.74, 6) is 0.478. The van der Waals surface area contributed by atoms with E-state index in [-0.39, 0.29) is 0 Å². The minimum absolute atomic E-state index is 0.478. The van der Waals surface area contributed by atoms with Crippen LogP contribution >= 0.6 is 8.60 Å². The summed E-state index contributed by atoms with van der Waals surface area (Å²) in [5.41, 5.74) is 4.91. The molecule has 0 heterocycles. The first kappa shape index (κ1) is 15.7. The first-order chi connectivity index (χ1) is 11.1. The third-order valence-corrected chi connectivity index (χ3v) is 4.01. The number of benzene rings is 3. The molecule has 0 atom stereocenters. The normalized spacial score (nSPS) is 10.8. The zero-order valence-corrected chi connectivity index (χ0v) is 13.6. The molecule has 0 aliphatic carbocycles. The van der Waals surface area contributed by atoms with Crippen molar-refractivity contribution in [2.24, 2.45) is 0 Å². The van der Waals surface area contributed by atoms with Crippen molar-refractivity contribution in [3.05, 3.63) is 78.4 Å². The van der Waals surface area contributed by atoms with Gasteiger partial charge in [0.25, 0.3) is 0 Å². The van der Waals surface area contributed by atoms with Crippen molar-refractivity contribution in [1.82, 2.24) is 0 Å². The number of hydrogen-bond donors (Lipinski definition) is 2. The molecule has 0 aliphatic heterocycles. The van der Waals surface area contributed by atoms with Crippen molar-refractivity contribution >= 4 is 8.60 Å². The molecule has 3 nitrogen and oxygen atoms in total. The molecule has 0 bridgehead atoms. The van der Waals surface area contributed by atoms with Gasteiger partial charge in [0.1, 0.15) is 5.75 Å². The van der Waals surface area contributed by atoms with Gasteiger partial charge in [-0.1, -0.05) is 66.7 Å². The van der Waals surface area contributed by atoms with Gasteiger partial charge in [0.05, 0.1) is 0 Å². The predicted octanol–water partition coefficient (Wildman–Crippen LogP) is 4.92. The average molecular weight is 324 g/mol. The molecule has 3 aromatic rings. The SMILES string of the molecule is Cc1cc(-c2ccccc2)cc(OP(O)O)c1-c1ccccc1. The Hall–Kier alpha value is -2.19. The van der Waals surface area contributed by atoms with Crippen LogP contribution in [0.1, 0.15) is 5.56 Å². The van der Waals surface area contributed by atoms with Crippen molar-refractivity contribution in [3.63, 3.8) is 0 Å². The number of aryl methyl sites for hydroxylation is 1. The van der Waals surface area contributed by atoms with Crippen LogP contribution in [0.5, 0.6) is 5.75 Å². The third-order valence-electron chi connectivity index (χ3n) is 3.65. The van der Waals surface area contributed by atoms with Gasteiger partial charge in [-0.25, -0.2) is 0 Å². The van der Waals surface area contributed by atoms with Gasteiger partial charge < -0.3 is 14.3 Å². The number of rotatable bonds is 4. The highest BCUT2D eigenvalue weighted by Gasteiger charge is 2.15. The molecule has 0 saturated heterocycles. The van der Waals surface area contributed by atoms with E-state index >= 15 is 0 Å². The lowest BCUT2D eigenvalue weighted by molar-refractivity contribution is 0.375. The molecular formula is C19H17O3P. The van der Waals surface area contributed by atoms with Gasteiger partial charge >= 0.3 is 8.60 Å². The first-order valence-electron chi connectivity index (χ1n) is 7.26. The van der Waals surface area contributed by atoms with E-state index < -0.39 is 8.60 Å². The molecule has 23 heavy (non-hydrogen) atoms. The molecule has 3 aromatic carbocycles. The highest BCUT2D eigenvalue weighted by Crippen LogP contribution is 2.41. The Bertz CT molecular complexity index is 786. The number of hydrogen-bond acceptors (Lipinski definition) is 3. The summed E-state index contributed by atoms with van der Waals surface area (Å²) in [7, 11) is -2.48. The lowest BCUT2D eigenvalue weighted by atomic mass is 9.95. The Balaban J connectivity index is 2.17. The van der Waals surface area contributed by atoms with Gasteiger partial charge in [0.15, 0.2) is 0 Å². The van der Waals surface area contributed by atoms with Crippen LogP contribution in [0.2, 0.25) is 0 Å². The Morgan fingerprint density at radius 3 is 1.87 bits per heavy atom. The predicted molar refractivity (Wildman–Crippen MR) is 94.0 cm³/mol. The fraction of sp³-hybridized carbons (Fsp3) is 0.0526. The molecule has 0 aliphatic rings. The maximum Gasteiger partial charge on any atom is 0.391 e. The van der Waals surface area contributed by atoms with Crippen molar-refractivity contribution in [3.8, 4) is 28.0 Å². The monoisotopic (exact) mass is 324 g/mol. The Morgan fingerprint density at radius 2 is 1.30 bits per heavy atom. The molecular weight excluding hydrogens is 307 g/mol. The van der Waals surface area contributed by atoms with Crippen molar-refractivity contribution in [2.75, 3.05) is 0 Å². The molecule has 0 spiro atoms. The van der Waals surface area contributed by atoms with E-state index in [4.69, 9.17) is 4.52 Å². The maximum atomic E-state index is 9.33. The molecule has 3 rings (SSSR count). The van der Waals surface area contributed by atoms with E-state index in [1.165, 1.54) is 0 Å². The molecule has 0 aromatic heterocycles. The van der Waals surface area contributed by atoms with Gasteiger partial charge in [0.2, 0.25) is 0 Å². The average Bonchev–Trinajstić information content (AvgIpc) is 2.55. The highest BCUT2D eigenvalue weighted by molar-refractivity contribution is 7.39. The van der Waals surface area contributed by atoms with Gasteiger partial charge in [-0.3, -0.25) is 0 Å². The van der Waals surface area contributed by atoms with Crippen LogP contribution in [-0.2, 0) is 0 Å². The first-order valence-corrected chi connectivity index (χ1v) is 8.43. The van der Waals surface area contributed by atoms with Gasteiger partial charge in [-0.2, -0.15) is 0 Å². The lowest BCUT2D eigenvalue weighted by Gasteiger charge is -2.16. The van der Waals surface area contributed by atoms with Crippen molar-refractivity contribution in [2.45, 2.75) is 6.92 Å². The van der Waals surface area contributed by atoms with Gasteiger partial charge in [0, 0.05) is 5.56 Å². The summed E-state index contributed by atoms with van der Waals surface area (Å²) in [6.07, 6.45) is 0. The van der Waals surface area contributed by atoms with Crippen LogP contribution in [0.4, 0.5) is 0 Å². The van der Waals surface area contributed by atoms with E-state index in [0.717, 1.165) is 27.8 Å². The zero-order valence-electron chi connectivity index (χ0n) is 12.7. The molecule has 0 radical (unpaired) electrons. The van der Waals surface area contributed by atoms with Gasteiger partial charge in [-0.05, 0) is 35.2 Å². The van der Waals surface area contributed by atoms with Crippen LogP contribution in [0, 0.1) is 6.92 Å². The van der Waals surface area contributed by atoms with Gasteiger partial charge in [-0.15, -0.1) is 0 Å². The maximum absolute atomic E-state index is 9.33. The smallest absolute Gasteiger partial charge is 0.391 e. The van der Waals surface area contributed by atoms with Crippen LogP contribution in [0.3, 0.4) is 0 Å². The zero-order chi connectivity index (χ0) is 16.2.